The standard InChI is InChI=1S/C40H24N4O2/c1-24-17-19-26(20-18-24)42-33-14-6-4-10-27(33)31-22-37-32(21-36(31)42)28-11-5-7-15-34(28)43(37)35-16-8-9-25(23-41)38(35)44-39(45)29-12-2-3-13-30(29)40(44)46/h2-22H,1H3. The van der Waals surface area contributed by atoms with E-state index in [2.05, 4.69) is 88.9 Å². The minimum Gasteiger partial charge on any atom is -0.309 e. The Bertz CT molecular complexity index is 2620. The zero-order valence-electron chi connectivity index (χ0n) is 24.7. The molecule has 0 N–H and O–H groups in total. The van der Waals surface area contributed by atoms with Crippen molar-refractivity contribution < 1.29 is 9.59 Å². The third-order valence-electron chi connectivity index (χ3n) is 9.15. The summed E-state index contributed by atoms with van der Waals surface area (Å²) in [5, 5.41) is 14.5. The van der Waals surface area contributed by atoms with E-state index in [0.717, 1.165) is 49.3 Å². The minimum atomic E-state index is -0.436. The van der Waals surface area contributed by atoms with Crippen LogP contribution in [0.15, 0.2) is 127 Å². The molecule has 0 saturated heterocycles. The number of amides is 2. The van der Waals surface area contributed by atoms with Crippen LogP contribution in [0.5, 0.6) is 0 Å². The van der Waals surface area contributed by atoms with Gasteiger partial charge >= 0.3 is 0 Å². The van der Waals surface area contributed by atoms with E-state index in [0.29, 0.717) is 16.8 Å². The molecule has 8 aromatic rings. The SMILES string of the molecule is Cc1ccc(-n2c3ccccc3c3cc4c(cc32)c2ccccc2n4-c2cccc(C#N)c2N2C(=O)c3ccccc3C2=O)cc1. The van der Waals surface area contributed by atoms with Crippen molar-refractivity contribution in [1.82, 2.24) is 9.13 Å². The van der Waals surface area contributed by atoms with E-state index in [9.17, 15) is 14.9 Å². The van der Waals surface area contributed by atoms with Crippen LogP contribution in [0.25, 0.3) is 55.0 Å². The molecular weight excluding hydrogens is 568 g/mol. The summed E-state index contributed by atoms with van der Waals surface area (Å²) in [6.45, 7) is 2.09. The van der Waals surface area contributed by atoms with Crippen LogP contribution in [0.2, 0.25) is 0 Å². The van der Waals surface area contributed by atoms with E-state index in [4.69, 9.17) is 0 Å². The lowest BCUT2D eigenvalue weighted by molar-refractivity contribution is 0.0926. The maximum absolute atomic E-state index is 13.8. The highest BCUT2D eigenvalue weighted by Crippen LogP contribution is 2.43. The van der Waals surface area contributed by atoms with Gasteiger partial charge in [-0.2, -0.15) is 5.26 Å². The van der Waals surface area contributed by atoms with Gasteiger partial charge in [0, 0.05) is 27.2 Å². The van der Waals surface area contributed by atoms with Crippen molar-refractivity contribution in [2.45, 2.75) is 6.92 Å². The molecule has 2 aromatic heterocycles. The average Bonchev–Trinajstić information content (AvgIpc) is 3.68. The highest BCUT2D eigenvalue weighted by Gasteiger charge is 2.39. The topological polar surface area (TPSA) is 71.0 Å². The van der Waals surface area contributed by atoms with Crippen molar-refractivity contribution in [3.63, 3.8) is 0 Å². The Morgan fingerprint density at radius 3 is 1.70 bits per heavy atom. The van der Waals surface area contributed by atoms with Crippen LogP contribution >= 0.6 is 0 Å². The van der Waals surface area contributed by atoms with Gasteiger partial charge in [0.05, 0.1) is 50.1 Å². The number of imide groups is 1. The number of carbonyl (C=O) groups is 2. The predicted molar refractivity (Wildman–Crippen MR) is 182 cm³/mol. The van der Waals surface area contributed by atoms with Crippen molar-refractivity contribution >= 4 is 61.1 Å². The van der Waals surface area contributed by atoms with Gasteiger partial charge in [-0.3, -0.25) is 9.59 Å². The molecule has 0 unspecified atom stereocenters. The molecule has 2 amide bonds. The molecule has 9 rings (SSSR count). The number of aromatic nitrogens is 2. The van der Waals surface area contributed by atoms with E-state index >= 15 is 0 Å². The molecule has 216 valence electrons. The van der Waals surface area contributed by atoms with Crippen LogP contribution in [0, 0.1) is 18.3 Å². The molecule has 3 heterocycles. The Morgan fingerprint density at radius 1 is 0.543 bits per heavy atom. The maximum atomic E-state index is 13.8. The number of anilines is 1. The molecule has 1 aliphatic rings. The highest BCUT2D eigenvalue weighted by atomic mass is 16.2. The second-order valence-electron chi connectivity index (χ2n) is 11.7. The molecule has 1 aliphatic heterocycles. The van der Waals surface area contributed by atoms with E-state index in [1.54, 1.807) is 36.4 Å². The summed E-state index contributed by atoms with van der Waals surface area (Å²) in [4.78, 5) is 28.7. The van der Waals surface area contributed by atoms with Crippen LogP contribution in [-0.2, 0) is 0 Å². The van der Waals surface area contributed by atoms with Crippen molar-refractivity contribution in [3.05, 3.63) is 150 Å². The second kappa shape index (κ2) is 9.52. The lowest BCUT2D eigenvalue weighted by Gasteiger charge is -2.21. The molecule has 0 radical (unpaired) electrons. The maximum Gasteiger partial charge on any atom is 0.266 e. The smallest absolute Gasteiger partial charge is 0.266 e. The largest absolute Gasteiger partial charge is 0.309 e. The van der Waals surface area contributed by atoms with E-state index < -0.39 is 11.8 Å². The number of hydrogen-bond donors (Lipinski definition) is 0. The lowest BCUT2D eigenvalue weighted by Crippen LogP contribution is -2.31. The fourth-order valence-electron chi connectivity index (χ4n) is 7.09. The molecule has 0 spiro atoms. The first-order valence-corrected chi connectivity index (χ1v) is 15.1. The number of para-hydroxylation sites is 3. The monoisotopic (exact) mass is 592 g/mol. The van der Waals surface area contributed by atoms with E-state index in [1.165, 1.54) is 10.5 Å². The molecule has 0 bridgehead atoms. The van der Waals surface area contributed by atoms with Gasteiger partial charge in [0.15, 0.2) is 0 Å². The fourth-order valence-corrected chi connectivity index (χ4v) is 7.09. The Balaban J connectivity index is 1.40. The Labute approximate surface area is 263 Å². The Hall–Kier alpha value is -6.45. The zero-order chi connectivity index (χ0) is 31.1. The van der Waals surface area contributed by atoms with Crippen LogP contribution < -0.4 is 4.90 Å². The number of aryl methyl sites for hydroxylation is 1. The van der Waals surface area contributed by atoms with Gasteiger partial charge < -0.3 is 9.13 Å². The number of nitrogens with zero attached hydrogens (tertiary/aromatic N) is 4. The summed E-state index contributed by atoms with van der Waals surface area (Å²) in [5.41, 5.74) is 8.04. The van der Waals surface area contributed by atoms with Crippen molar-refractivity contribution in [1.29, 1.82) is 5.26 Å². The average molecular weight is 593 g/mol. The number of hydrogen-bond acceptors (Lipinski definition) is 3. The fraction of sp³-hybridized carbons (Fsp3) is 0.0250. The van der Waals surface area contributed by atoms with Crippen LogP contribution in [0.4, 0.5) is 5.69 Å². The molecule has 6 aromatic carbocycles. The number of carbonyl (C=O) groups excluding carboxylic acids is 2. The second-order valence-corrected chi connectivity index (χ2v) is 11.7. The molecule has 46 heavy (non-hydrogen) atoms. The Kier molecular flexibility index (Phi) is 5.38. The number of nitriles is 1. The molecular formula is C40H24N4O2. The van der Waals surface area contributed by atoms with Crippen molar-refractivity contribution in [2.24, 2.45) is 0 Å². The quantitative estimate of drug-likeness (QED) is 0.192. The highest BCUT2D eigenvalue weighted by molar-refractivity contribution is 6.35. The van der Waals surface area contributed by atoms with Gasteiger partial charge in [-0.1, -0.05) is 72.3 Å². The van der Waals surface area contributed by atoms with Gasteiger partial charge in [-0.25, -0.2) is 4.90 Å². The summed E-state index contributed by atoms with van der Waals surface area (Å²) in [6.07, 6.45) is 0. The first kappa shape index (κ1) is 26.0. The van der Waals surface area contributed by atoms with E-state index in [1.807, 2.05) is 24.3 Å². The molecule has 0 atom stereocenters. The van der Waals surface area contributed by atoms with Gasteiger partial charge in [0.2, 0.25) is 0 Å². The summed E-state index contributed by atoms with van der Waals surface area (Å²) in [6, 6.07) is 43.9. The summed E-state index contributed by atoms with van der Waals surface area (Å²) >= 11 is 0. The summed E-state index contributed by atoms with van der Waals surface area (Å²) in [5.74, 6) is -0.872. The van der Waals surface area contributed by atoms with Gasteiger partial charge in [-0.05, 0) is 67.6 Å². The molecule has 6 nitrogen and oxygen atoms in total. The molecule has 0 aliphatic carbocycles. The van der Waals surface area contributed by atoms with Crippen LogP contribution in [0.3, 0.4) is 0 Å². The third kappa shape index (κ3) is 3.45. The molecule has 6 heteroatoms. The summed E-state index contributed by atoms with van der Waals surface area (Å²) < 4.78 is 4.39. The van der Waals surface area contributed by atoms with Gasteiger partial charge in [-0.15, -0.1) is 0 Å². The predicted octanol–water partition coefficient (Wildman–Crippen LogP) is 8.86. The first-order valence-electron chi connectivity index (χ1n) is 15.1. The van der Waals surface area contributed by atoms with Gasteiger partial charge in [0.25, 0.3) is 11.8 Å². The lowest BCUT2D eigenvalue weighted by atomic mass is 10.1. The minimum absolute atomic E-state index is 0.245. The van der Waals surface area contributed by atoms with E-state index in [-0.39, 0.29) is 11.3 Å². The van der Waals surface area contributed by atoms with Gasteiger partial charge in [0.1, 0.15) is 6.07 Å². The summed E-state index contributed by atoms with van der Waals surface area (Å²) in [7, 11) is 0. The Morgan fingerprint density at radius 2 is 1.09 bits per heavy atom. The normalized spacial score (nSPS) is 12.9. The van der Waals surface area contributed by atoms with Crippen molar-refractivity contribution in [2.75, 3.05) is 4.90 Å². The number of fused-ring (bicyclic) bond motifs is 7. The molecule has 0 saturated carbocycles. The van der Waals surface area contributed by atoms with Crippen LogP contribution in [0.1, 0.15) is 31.8 Å². The molecule has 0 fully saturated rings. The number of rotatable bonds is 3. The van der Waals surface area contributed by atoms with Crippen molar-refractivity contribution in [3.8, 4) is 17.4 Å². The number of benzene rings is 6. The first-order chi connectivity index (χ1) is 22.5. The van der Waals surface area contributed by atoms with Crippen LogP contribution in [-0.4, -0.2) is 20.9 Å². The third-order valence-corrected chi connectivity index (χ3v) is 9.15. The zero-order valence-corrected chi connectivity index (χ0v) is 24.7.